The molecule has 0 radical (unpaired) electrons. The molecule has 5 nitrogen and oxygen atoms in total. The van der Waals surface area contributed by atoms with Crippen LogP contribution in [0.3, 0.4) is 0 Å². The lowest BCUT2D eigenvalue weighted by Crippen LogP contribution is -2.24. The van der Waals surface area contributed by atoms with Crippen molar-refractivity contribution in [2.45, 2.75) is 13.1 Å². The van der Waals surface area contributed by atoms with E-state index in [0.717, 1.165) is 5.69 Å². The van der Waals surface area contributed by atoms with Gasteiger partial charge < -0.3 is 10.6 Å². The van der Waals surface area contributed by atoms with Crippen molar-refractivity contribution in [3.63, 3.8) is 0 Å². The van der Waals surface area contributed by atoms with E-state index < -0.39 is 0 Å². The minimum atomic E-state index is -0.360. The van der Waals surface area contributed by atoms with Crippen LogP contribution < -0.4 is 16.2 Å². The molecule has 1 aromatic heterocycles. The predicted molar refractivity (Wildman–Crippen MR) is 76.2 cm³/mol. The third-order valence-corrected chi connectivity index (χ3v) is 2.96. The molecule has 0 fully saturated rings. The third kappa shape index (κ3) is 3.21. The summed E-state index contributed by atoms with van der Waals surface area (Å²) in [6.07, 6.45) is 1.60. The molecule has 0 aliphatic carbocycles. The van der Waals surface area contributed by atoms with Crippen LogP contribution in [-0.2, 0) is 13.1 Å². The third-order valence-electron chi connectivity index (χ3n) is 2.96. The highest BCUT2D eigenvalue weighted by atomic mass is 19.1. The van der Waals surface area contributed by atoms with E-state index in [1.165, 1.54) is 22.9 Å². The lowest BCUT2D eigenvalue weighted by molar-refractivity contribution is 0.608. The number of hydrogen-bond acceptors (Lipinski definition) is 4. The number of anilines is 1. The van der Waals surface area contributed by atoms with E-state index in [-0.39, 0.29) is 24.5 Å². The van der Waals surface area contributed by atoms with Gasteiger partial charge in [-0.05, 0) is 23.3 Å². The summed E-state index contributed by atoms with van der Waals surface area (Å²) < 4.78 is 14.7. The van der Waals surface area contributed by atoms with Gasteiger partial charge in [0.2, 0.25) is 0 Å². The van der Waals surface area contributed by atoms with Gasteiger partial charge in [-0.2, -0.15) is 5.10 Å². The van der Waals surface area contributed by atoms with Gasteiger partial charge in [0.05, 0.1) is 18.4 Å². The first-order valence-electron chi connectivity index (χ1n) is 6.22. The van der Waals surface area contributed by atoms with Gasteiger partial charge >= 0.3 is 0 Å². The maximum atomic E-state index is 13.4. The monoisotopic (exact) mass is 276 g/mol. The summed E-state index contributed by atoms with van der Waals surface area (Å²) in [5.41, 5.74) is 7.37. The Morgan fingerprint density at radius 3 is 2.55 bits per heavy atom. The van der Waals surface area contributed by atoms with Crippen LogP contribution in [0.1, 0.15) is 11.1 Å². The zero-order valence-corrected chi connectivity index (χ0v) is 11.5. The fourth-order valence-electron chi connectivity index (χ4n) is 1.89. The number of nitrogens with zero attached hydrogens (tertiary/aromatic N) is 3. The Hall–Kier alpha value is -2.21. The van der Waals surface area contributed by atoms with Gasteiger partial charge in [0.25, 0.3) is 5.56 Å². The van der Waals surface area contributed by atoms with Gasteiger partial charge in [0.15, 0.2) is 0 Å². The van der Waals surface area contributed by atoms with Crippen LogP contribution in [0.25, 0.3) is 0 Å². The van der Waals surface area contributed by atoms with Crippen molar-refractivity contribution >= 4 is 5.69 Å². The summed E-state index contributed by atoms with van der Waals surface area (Å²) in [5, 5.41) is 4.09. The molecular formula is C14H17FN4O. The molecule has 1 heterocycles. The summed E-state index contributed by atoms with van der Waals surface area (Å²) >= 11 is 0. The molecule has 0 amide bonds. The summed E-state index contributed by atoms with van der Waals surface area (Å²) in [5.74, 6) is -0.360. The summed E-state index contributed by atoms with van der Waals surface area (Å²) in [7, 11) is 3.67. The number of benzene rings is 1. The average molecular weight is 276 g/mol. The van der Waals surface area contributed by atoms with E-state index >= 15 is 0 Å². The maximum absolute atomic E-state index is 13.4. The van der Waals surface area contributed by atoms with E-state index in [2.05, 4.69) is 5.10 Å². The lowest BCUT2D eigenvalue weighted by Gasteiger charge is -2.12. The van der Waals surface area contributed by atoms with E-state index in [0.29, 0.717) is 11.1 Å². The van der Waals surface area contributed by atoms with Crippen molar-refractivity contribution in [3.8, 4) is 0 Å². The van der Waals surface area contributed by atoms with Crippen LogP contribution in [0.5, 0.6) is 0 Å². The van der Waals surface area contributed by atoms with E-state index in [9.17, 15) is 9.18 Å². The number of nitrogens with two attached hydrogens (primary N) is 1. The molecule has 0 bridgehead atoms. The fourth-order valence-corrected chi connectivity index (χ4v) is 1.89. The standard InChI is InChI=1S/C14H17FN4O/c1-18(2)13-6-14(20)19(17-8-13)9-11-3-10(7-16)4-12(15)5-11/h3-6,8H,7,9,16H2,1-2H3. The molecule has 0 saturated heterocycles. The van der Waals surface area contributed by atoms with Crippen LogP contribution in [-0.4, -0.2) is 23.9 Å². The quantitative estimate of drug-likeness (QED) is 0.903. The Morgan fingerprint density at radius 1 is 1.25 bits per heavy atom. The number of hydrogen-bond donors (Lipinski definition) is 1. The number of aromatic nitrogens is 2. The SMILES string of the molecule is CN(C)c1cnn(Cc2cc(F)cc(CN)c2)c(=O)c1. The van der Waals surface area contributed by atoms with Crippen LogP contribution in [0.15, 0.2) is 35.3 Å². The topological polar surface area (TPSA) is 64.2 Å². The minimum Gasteiger partial charge on any atom is -0.376 e. The Bertz CT molecular complexity index is 666. The largest absolute Gasteiger partial charge is 0.376 e. The summed E-state index contributed by atoms with van der Waals surface area (Å²) in [6, 6.07) is 6.04. The van der Waals surface area contributed by atoms with E-state index in [1.807, 2.05) is 14.1 Å². The Morgan fingerprint density at radius 2 is 1.95 bits per heavy atom. The van der Waals surface area contributed by atoms with E-state index in [1.54, 1.807) is 17.2 Å². The second-order valence-electron chi connectivity index (χ2n) is 4.78. The molecule has 0 atom stereocenters. The lowest BCUT2D eigenvalue weighted by atomic mass is 10.1. The molecule has 6 heteroatoms. The highest BCUT2D eigenvalue weighted by Gasteiger charge is 2.05. The predicted octanol–water partition coefficient (Wildman–Crippen LogP) is 0.955. The van der Waals surface area contributed by atoms with Crippen molar-refractivity contribution < 1.29 is 4.39 Å². The van der Waals surface area contributed by atoms with Crippen molar-refractivity contribution in [2.24, 2.45) is 5.73 Å². The Balaban J connectivity index is 2.30. The zero-order valence-electron chi connectivity index (χ0n) is 11.5. The minimum absolute atomic E-state index is 0.220. The zero-order chi connectivity index (χ0) is 14.7. The van der Waals surface area contributed by atoms with Crippen LogP contribution in [0.4, 0.5) is 10.1 Å². The summed E-state index contributed by atoms with van der Waals surface area (Å²) in [6.45, 7) is 0.476. The molecule has 106 valence electrons. The highest BCUT2D eigenvalue weighted by molar-refractivity contribution is 5.40. The fraction of sp³-hybridized carbons (Fsp3) is 0.286. The second-order valence-corrected chi connectivity index (χ2v) is 4.78. The molecule has 0 saturated carbocycles. The number of rotatable bonds is 4. The van der Waals surface area contributed by atoms with Gasteiger partial charge in [-0.25, -0.2) is 9.07 Å². The van der Waals surface area contributed by atoms with Crippen LogP contribution in [0.2, 0.25) is 0 Å². The molecule has 2 N–H and O–H groups in total. The molecule has 0 aliphatic heterocycles. The van der Waals surface area contributed by atoms with Crippen LogP contribution in [0, 0.1) is 5.82 Å². The maximum Gasteiger partial charge on any atom is 0.269 e. The molecule has 0 aliphatic rings. The van der Waals surface area contributed by atoms with Crippen molar-refractivity contribution in [1.29, 1.82) is 0 Å². The van der Waals surface area contributed by atoms with Gasteiger partial charge in [0, 0.05) is 26.7 Å². The summed E-state index contributed by atoms with van der Waals surface area (Å²) in [4.78, 5) is 13.7. The second kappa shape index (κ2) is 5.83. The molecular weight excluding hydrogens is 259 g/mol. The van der Waals surface area contributed by atoms with Crippen molar-refractivity contribution in [1.82, 2.24) is 9.78 Å². The first-order valence-corrected chi connectivity index (χ1v) is 6.22. The highest BCUT2D eigenvalue weighted by Crippen LogP contribution is 2.10. The Labute approximate surface area is 116 Å². The average Bonchev–Trinajstić information content (AvgIpc) is 2.40. The molecule has 2 aromatic rings. The number of halogens is 1. The van der Waals surface area contributed by atoms with Gasteiger partial charge in [-0.15, -0.1) is 0 Å². The molecule has 0 spiro atoms. The molecule has 2 rings (SSSR count). The van der Waals surface area contributed by atoms with Gasteiger partial charge in [-0.3, -0.25) is 4.79 Å². The first-order chi connectivity index (χ1) is 9.49. The Kier molecular flexibility index (Phi) is 4.14. The first kappa shape index (κ1) is 14.2. The molecule has 20 heavy (non-hydrogen) atoms. The van der Waals surface area contributed by atoms with Crippen molar-refractivity contribution in [2.75, 3.05) is 19.0 Å². The van der Waals surface area contributed by atoms with Gasteiger partial charge in [-0.1, -0.05) is 6.07 Å². The normalized spacial score (nSPS) is 10.6. The van der Waals surface area contributed by atoms with Crippen molar-refractivity contribution in [3.05, 3.63) is 57.8 Å². The molecule has 0 unspecified atom stereocenters. The smallest absolute Gasteiger partial charge is 0.269 e. The van der Waals surface area contributed by atoms with E-state index in [4.69, 9.17) is 5.73 Å². The van der Waals surface area contributed by atoms with Gasteiger partial charge in [0.1, 0.15) is 5.82 Å². The molecule has 1 aromatic carbocycles. The van der Waals surface area contributed by atoms with Crippen LogP contribution >= 0.6 is 0 Å².